The van der Waals surface area contributed by atoms with Crippen molar-refractivity contribution in [3.8, 4) is 0 Å². The van der Waals surface area contributed by atoms with Crippen molar-refractivity contribution in [2.45, 2.75) is 64.8 Å². The highest BCUT2D eigenvalue weighted by molar-refractivity contribution is 7.89. The third kappa shape index (κ3) is 3.93. The van der Waals surface area contributed by atoms with Gasteiger partial charge in [0, 0.05) is 62.2 Å². The second kappa shape index (κ2) is 8.42. The van der Waals surface area contributed by atoms with E-state index in [2.05, 4.69) is 9.55 Å². The van der Waals surface area contributed by atoms with Crippen LogP contribution in [0.5, 0.6) is 0 Å². The summed E-state index contributed by atoms with van der Waals surface area (Å²) in [6.07, 6.45) is 4.92. The van der Waals surface area contributed by atoms with Gasteiger partial charge in [0.2, 0.25) is 15.9 Å². The first kappa shape index (κ1) is 21.5. The Balaban J connectivity index is 1.47. The zero-order valence-corrected chi connectivity index (χ0v) is 18.8. The van der Waals surface area contributed by atoms with Crippen molar-refractivity contribution in [2.75, 3.05) is 31.9 Å². The van der Waals surface area contributed by atoms with Crippen molar-refractivity contribution in [2.24, 2.45) is 5.92 Å². The quantitative estimate of drug-likeness (QED) is 0.709. The summed E-state index contributed by atoms with van der Waals surface area (Å²) in [4.78, 5) is 31.8. The van der Waals surface area contributed by atoms with Crippen molar-refractivity contribution >= 4 is 15.9 Å². The maximum atomic E-state index is 13.2. The van der Waals surface area contributed by atoms with E-state index in [1.54, 1.807) is 6.92 Å². The van der Waals surface area contributed by atoms with Gasteiger partial charge in [0.1, 0.15) is 5.82 Å². The molecule has 3 aliphatic rings. The predicted octanol–water partition coefficient (Wildman–Crippen LogP) is 1.27. The zero-order valence-electron chi connectivity index (χ0n) is 18.0. The lowest BCUT2D eigenvalue weighted by Gasteiger charge is -2.38. The highest BCUT2D eigenvalue weighted by atomic mass is 32.2. The molecule has 0 aromatic carbocycles. The Morgan fingerprint density at radius 2 is 1.83 bits per heavy atom. The summed E-state index contributed by atoms with van der Waals surface area (Å²) in [6.45, 7) is 6.64. The molecule has 2 saturated heterocycles. The lowest BCUT2D eigenvalue weighted by atomic mass is 9.89. The number of likely N-dealkylation sites (tertiary alicyclic amines) is 1. The smallest absolute Gasteiger partial charge is 0.276 e. The second-order valence-corrected chi connectivity index (χ2v) is 11.1. The highest BCUT2D eigenvalue weighted by Crippen LogP contribution is 2.32. The molecule has 30 heavy (non-hydrogen) atoms. The Morgan fingerprint density at radius 1 is 1.10 bits per heavy atom. The summed E-state index contributed by atoms with van der Waals surface area (Å²) in [7, 11) is -3.18. The summed E-state index contributed by atoms with van der Waals surface area (Å²) in [5.74, 6) is 1.18. The van der Waals surface area contributed by atoms with E-state index in [0.29, 0.717) is 32.5 Å². The van der Waals surface area contributed by atoms with Gasteiger partial charge in [-0.15, -0.1) is 0 Å². The summed E-state index contributed by atoms with van der Waals surface area (Å²) < 4.78 is 27.9. The monoisotopic (exact) mass is 436 g/mol. The number of hydrogen-bond acceptors (Lipinski definition) is 5. The Bertz CT molecular complexity index is 979. The van der Waals surface area contributed by atoms with Gasteiger partial charge in [0.15, 0.2) is 0 Å². The number of hydrogen-bond donors (Lipinski definition) is 0. The molecule has 0 radical (unpaired) electrons. The number of piperidine rings is 2. The predicted molar refractivity (Wildman–Crippen MR) is 114 cm³/mol. The molecule has 1 aromatic rings. The summed E-state index contributed by atoms with van der Waals surface area (Å²) in [5, 5.41) is 0. The molecule has 4 rings (SSSR count). The number of rotatable bonds is 4. The van der Waals surface area contributed by atoms with Crippen molar-refractivity contribution < 1.29 is 13.2 Å². The van der Waals surface area contributed by atoms with E-state index >= 15 is 0 Å². The van der Waals surface area contributed by atoms with Crippen LogP contribution in [0, 0.1) is 12.8 Å². The minimum Gasteiger partial charge on any atom is -0.342 e. The number of carbonyl (C=O) groups excluding carboxylic acids is 1. The Morgan fingerprint density at radius 3 is 2.53 bits per heavy atom. The van der Waals surface area contributed by atoms with Gasteiger partial charge in [-0.05, 0) is 46.0 Å². The average Bonchev–Trinajstić information content (AvgIpc) is 3.22. The fraction of sp³-hybridized carbons (Fsp3) is 0.762. The van der Waals surface area contributed by atoms with E-state index in [1.165, 1.54) is 4.31 Å². The van der Waals surface area contributed by atoms with Gasteiger partial charge in [-0.1, -0.05) is 0 Å². The average molecular weight is 437 g/mol. The molecule has 0 saturated carbocycles. The number of sulfonamides is 1. The standard InChI is InChI=1S/C21H32N4O4S/c1-3-30(28,29)24-12-8-16(9-13-24)21(27)23-10-4-6-17(14-23)19-15(2)20(26)22-18-7-5-11-25(18)19/h16-17H,3-14H2,1-2H3. The normalized spacial score (nSPS) is 23.5. The van der Waals surface area contributed by atoms with E-state index in [4.69, 9.17) is 0 Å². The summed E-state index contributed by atoms with van der Waals surface area (Å²) in [6, 6.07) is 0. The largest absolute Gasteiger partial charge is 0.342 e. The molecule has 166 valence electrons. The van der Waals surface area contributed by atoms with Gasteiger partial charge in [-0.2, -0.15) is 4.98 Å². The number of carbonyl (C=O) groups is 1. The van der Waals surface area contributed by atoms with Gasteiger partial charge in [-0.25, -0.2) is 12.7 Å². The van der Waals surface area contributed by atoms with Gasteiger partial charge < -0.3 is 9.47 Å². The molecule has 1 unspecified atom stereocenters. The molecule has 4 heterocycles. The van der Waals surface area contributed by atoms with Gasteiger partial charge in [0.05, 0.1) is 5.75 Å². The van der Waals surface area contributed by atoms with E-state index in [9.17, 15) is 18.0 Å². The number of amides is 1. The molecule has 9 heteroatoms. The van der Waals surface area contributed by atoms with Gasteiger partial charge >= 0.3 is 0 Å². The fourth-order valence-corrected chi connectivity index (χ4v) is 6.43. The van der Waals surface area contributed by atoms with Crippen LogP contribution in [0.25, 0.3) is 0 Å². The molecule has 1 atom stereocenters. The Hall–Kier alpha value is -1.74. The molecule has 0 aliphatic carbocycles. The van der Waals surface area contributed by atoms with E-state index in [0.717, 1.165) is 55.9 Å². The Labute approximate surface area is 178 Å². The maximum absolute atomic E-state index is 13.2. The van der Waals surface area contributed by atoms with Crippen LogP contribution in [0.2, 0.25) is 0 Å². The van der Waals surface area contributed by atoms with Crippen LogP contribution in [0.15, 0.2) is 4.79 Å². The molecule has 0 N–H and O–H groups in total. The van der Waals surface area contributed by atoms with Crippen molar-refractivity contribution in [3.05, 3.63) is 27.4 Å². The minimum atomic E-state index is -3.18. The van der Waals surface area contributed by atoms with E-state index in [1.807, 2.05) is 11.8 Å². The lowest BCUT2D eigenvalue weighted by molar-refractivity contribution is -0.138. The molecule has 3 aliphatic heterocycles. The van der Waals surface area contributed by atoms with Gasteiger partial charge in [0.25, 0.3) is 5.56 Å². The first-order chi connectivity index (χ1) is 14.3. The van der Waals surface area contributed by atoms with Crippen LogP contribution in [0.4, 0.5) is 0 Å². The van der Waals surface area contributed by atoms with Crippen LogP contribution in [0.3, 0.4) is 0 Å². The molecule has 1 amide bonds. The van der Waals surface area contributed by atoms with Crippen LogP contribution in [-0.2, 0) is 27.8 Å². The number of nitrogens with zero attached hydrogens (tertiary/aromatic N) is 4. The molecular formula is C21H32N4O4S. The van der Waals surface area contributed by atoms with Gasteiger partial charge in [-0.3, -0.25) is 9.59 Å². The van der Waals surface area contributed by atoms with E-state index < -0.39 is 10.0 Å². The molecule has 8 nitrogen and oxygen atoms in total. The molecular weight excluding hydrogens is 404 g/mol. The lowest BCUT2D eigenvalue weighted by Crippen LogP contribution is -2.47. The molecule has 0 bridgehead atoms. The van der Waals surface area contributed by atoms with Crippen LogP contribution >= 0.6 is 0 Å². The fourth-order valence-electron chi connectivity index (χ4n) is 5.30. The first-order valence-corrected chi connectivity index (χ1v) is 12.8. The SMILES string of the molecule is CCS(=O)(=O)N1CCC(C(=O)N2CCCC(c3c(C)c(=O)nc4n3CCC4)C2)CC1. The maximum Gasteiger partial charge on any atom is 0.276 e. The third-order valence-electron chi connectivity index (χ3n) is 7.00. The van der Waals surface area contributed by atoms with E-state index in [-0.39, 0.29) is 29.1 Å². The number of aromatic nitrogens is 2. The number of aryl methyl sites for hydroxylation is 1. The molecule has 1 aromatic heterocycles. The highest BCUT2D eigenvalue weighted by Gasteiger charge is 2.35. The van der Waals surface area contributed by atoms with Crippen molar-refractivity contribution in [1.82, 2.24) is 18.8 Å². The number of fused-ring (bicyclic) bond motifs is 1. The van der Waals surface area contributed by atoms with Crippen molar-refractivity contribution in [1.29, 1.82) is 0 Å². The zero-order chi connectivity index (χ0) is 21.5. The minimum absolute atomic E-state index is 0.106. The third-order valence-corrected chi connectivity index (χ3v) is 8.88. The first-order valence-electron chi connectivity index (χ1n) is 11.2. The second-order valence-electron chi connectivity index (χ2n) is 8.80. The Kier molecular flexibility index (Phi) is 6.03. The van der Waals surface area contributed by atoms with Crippen molar-refractivity contribution in [3.63, 3.8) is 0 Å². The molecule has 2 fully saturated rings. The summed E-state index contributed by atoms with van der Waals surface area (Å²) >= 11 is 0. The van der Waals surface area contributed by atoms with Crippen LogP contribution in [-0.4, -0.2) is 65.0 Å². The summed E-state index contributed by atoms with van der Waals surface area (Å²) in [5.41, 5.74) is 1.66. The van der Waals surface area contributed by atoms with Crippen LogP contribution < -0.4 is 5.56 Å². The topological polar surface area (TPSA) is 92.6 Å². The molecule has 0 spiro atoms. The van der Waals surface area contributed by atoms with Crippen LogP contribution in [0.1, 0.15) is 62.0 Å².